The third-order valence-corrected chi connectivity index (χ3v) is 2.75. The van der Waals surface area contributed by atoms with Crippen LogP contribution in [0.2, 0.25) is 0 Å². The van der Waals surface area contributed by atoms with Gasteiger partial charge in [0.1, 0.15) is 6.29 Å². The fraction of sp³-hybridized carbons (Fsp3) is 0.750. The van der Waals surface area contributed by atoms with Gasteiger partial charge in [0.2, 0.25) is 0 Å². The molecule has 0 N–H and O–H groups in total. The van der Waals surface area contributed by atoms with Crippen molar-refractivity contribution in [3.63, 3.8) is 0 Å². The Hall–Kier alpha value is -1.15. The van der Waals surface area contributed by atoms with Crippen LogP contribution in [0.15, 0.2) is 11.4 Å². The van der Waals surface area contributed by atoms with Crippen LogP contribution in [0.4, 0.5) is 35.1 Å². The summed E-state index contributed by atoms with van der Waals surface area (Å²) < 4.78 is 100. The van der Waals surface area contributed by atoms with Gasteiger partial charge in [-0.2, -0.15) is 30.7 Å². The maximum absolute atomic E-state index is 13.3. The predicted molar refractivity (Wildman–Crippen MR) is 58.9 cm³/mol. The second kappa shape index (κ2) is 7.22. The van der Waals surface area contributed by atoms with Gasteiger partial charge in [-0.1, -0.05) is 26.2 Å². The average molecular weight is 326 g/mol. The predicted octanol–water partition coefficient (Wildman–Crippen LogP) is 5.21. The molecule has 0 unspecified atom stereocenters. The fourth-order valence-electron chi connectivity index (χ4n) is 1.48. The normalized spacial score (nSPS) is 14.9. The van der Waals surface area contributed by atoms with Crippen LogP contribution in [0.25, 0.3) is 0 Å². The molecule has 0 fully saturated rings. The van der Waals surface area contributed by atoms with E-state index in [4.69, 9.17) is 0 Å². The first-order valence-electron chi connectivity index (χ1n) is 6.10. The molecule has 0 saturated heterocycles. The Morgan fingerprint density at radius 1 is 0.952 bits per heavy atom. The Bertz CT molecular complexity index is 383. The first-order valence-corrected chi connectivity index (χ1v) is 6.10. The van der Waals surface area contributed by atoms with Gasteiger partial charge in [-0.15, -0.1) is 0 Å². The first kappa shape index (κ1) is 19.8. The summed E-state index contributed by atoms with van der Waals surface area (Å²) in [6.07, 6.45) is -5.93. The van der Waals surface area contributed by atoms with E-state index in [9.17, 15) is 39.9 Å². The highest BCUT2D eigenvalue weighted by Gasteiger charge is 2.75. The standard InChI is InChI=1S/C12H14F8O/c1-2-3-4-5-6-8(7-21)9(13)10(14,15)11(16,17)12(18,19)20/h7H,2-6H2,1H3. The van der Waals surface area contributed by atoms with Gasteiger partial charge < -0.3 is 0 Å². The van der Waals surface area contributed by atoms with Gasteiger partial charge in [0.05, 0.1) is 0 Å². The molecular formula is C12H14F8O. The zero-order valence-corrected chi connectivity index (χ0v) is 11.0. The lowest BCUT2D eigenvalue weighted by molar-refractivity contribution is -0.347. The lowest BCUT2D eigenvalue weighted by Gasteiger charge is -2.27. The van der Waals surface area contributed by atoms with Crippen molar-refractivity contribution in [2.24, 2.45) is 0 Å². The quantitative estimate of drug-likeness (QED) is 0.259. The molecule has 0 heterocycles. The minimum Gasteiger partial charge on any atom is -0.298 e. The van der Waals surface area contributed by atoms with Gasteiger partial charge in [-0.05, 0) is 12.8 Å². The molecule has 1 nitrogen and oxygen atoms in total. The molecule has 0 spiro atoms. The van der Waals surface area contributed by atoms with Crippen molar-refractivity contribution in [3.8, 4) is 0 Å². The molecule has 9 heteroatoms. The average Bonchev–Trinajstić information content (AvgIpc) is 2.36. The van der Waals surface area contributed by atoms with Gasteiger partial charge in [0, 0.05) is 5.57 Å². The summed E-state index contributed by atoms with van der Waals surface area (Å²) in [5.41, 5.74) is -1.37. The van der Waals surface area contributed by atoms with Crippen molar-refractivity contribution in [2.45, 2.75) is 57.0 Å². The lowest BCUT2D eigenvalue weighted by atomic mass is 10.0. The van der Waals surface area contributed by atoms with Crippen molar-refractivity contribution in [3.05, 3.63) is 11.4 Å². The summed E-state index contributed by atoms with van der Waals surface area (Å²) >= 11 is 0. The molecule has 0 atom stereocenters. The van der Waals surface area contributed by atoms with Gasteiger partial charge in [0.15, 0.2) is 5.83 Å². The largest absolute Gasteiger partial charge is 0.460 e. The van der Waals surface area contributed by atoms with Gasteiger partial charge >= 0.3 is 18.0 Å². The van der Waals surface area contributed by atoms with Gasteiger partial charge in [-0.25, -0.2) is 4.39 Å². The number of halogens is 8. The van der Waals surface area contributed by atoms with Crippen molar-refractivity contribution in [1.82, 2.24) is 0 Å². The summed E-state index contributed by atoms with van der Waals surface area (Å²) in [6.45, 7) is 1.80. The summed E-state index contributed by atoms with van der Waals surface area (Å²) in [6, 6.07) is 0. The number of carbonyl (C=O) groups is 1. The van der Waals surface area contributed by atoms with E-state index in [1.54, 1.807) is 6.92 Å². The van der Waals surface area contributed by atoms with E-state index in [-0.39, 0.29) is 6.42 Å². The summed E-state index contributed by atoms with van der Waals surface area (Å²) in [7, 11) is 0. The molecule has 0 rings (SSSR count). The molecule has 0 amide bonds. The molecule has 0 saturated carbocycles. The fourth-order valence-corrected chi connectivity index (χ4v) is 1.48. The van der Waals surface area contributed by atoms with Gasteiger partial charge in [-0.3, -0.25) is 4.79 Å². The molecule has 0 bridgehead atoms. The van der Waals surface area contributed by atoms with E-state index < -0.39 is 42.1 Å². The van der Waals surface area contributed by atoms with Crippen LogP contribution in [0.1, 0.15) is 39.0 Å². The number of rotatable bonds is 8. The monoisotopic (exact) mass is 326 g/mol. The Morgan fingerprint density at radius 2 is 1.48 bits per heavy atom. The van der Waals surface area contributed by atoms with Crippen molar-refractivity contribution in [1.29, 1.82) is 0 Å². The number of hydrogen-bond donors (Lipinski definition) is 0. The minimum atomic E-state index is -6.63. The molecule has 0 aliphatic heterocycles. The molecule has 0 aliphatic rings. The lowest BCUT2D eigenvalue weighted by Crippen LogP contribution is -2.52. The number of aldehydes is 1. The van der Waals surface area contributed by atoms with E-state index in [1.807, 2.05) is 0 Å². The topological polar surface area (TPSA) is 17.1 Å². The Balaban J connectivity index is 5.34. The van der Waals surface area contributed by atoms with Crippen molar-refractivity contribution < 1.29 is 39.9 Å². The number of hydrogen-bond acceptors (Lipinski definition) is 1. The smallest absolute Gasteiger partial charge is 0.298 e. The van der Waals surface area contributed by atoms with E-state index in [2.05, 4.69) is 0 Å². The maximum Gasteiger partial charge on any atom is 0.460 e. The second-order valence-corrected chi connectivity index (χ2v) is 4.41. The van der Waals surface area contributed by atoms with Crippen LogP contribution >= 0.6 is 0 Å². The van der Waals surface area contributed by atoms with Crippen LogP contribution in [0.5, 0.6) is 0 Å². The first-order chi connectivity index (χ1) is 9.43. The minimum absolute atomic E-state index is 0.0308. The zero-order chi connectivity index (χ0) is 16.9. The van der Waals surface area contributed by atoms with Crippen molar-refractivity contribution >= 4 is 6.29 Å². The summed E-state index contributed by atoms with van der Waals surface area (Å²) in [5.74, 6) is -15.7. The Morgan fingerprint density at radius 3 is 1.86 bits per heavy atom. The molecule has 0 aromatic carbocycles. The molecule has 124 valence electrons. The van der Waals surface area contributed by atoms with Crippen LogP contribution < -0.4 is 0 Å². The van der Waals surface area contributed by atoms with E-state index in [1.165, 1.54) is 0 Å². The Kier molecular flexibility index (Phi) is 6.82. The highest BCUT2D eigenvalue weighted by Crippen LogP contribution is 2.50. The molecule has 21 heavy (non-hydrogen) atoms. The highest BCUT2D eigenvalue weighted by atomic mass is 19.4. The highest BCUT2D eigenvalue weighted by molar-refractivity contribution is 5.74. The molecular weight excluding hydrogens is 312 g/mol. The molecule has 0 aromatic rings. The van der Waals surface area contributed by atoms with Crippen LogP contribution in [-0.2, 0) is 4.79 Å². The molecule has 0 aromatic heterocycles. The Labute approximate surface area is 116 Å². The maximum atomic E-state index is 13.3. The van der Waals surface area contributed by atoms with Crippen LogP contribution in [0.3, 0.4) is 0 Å². The number of alkyl halides is 7. The molecule has 0 radical (unpaired) electrons. The van der Waals surface area contributed by atoms with E-state index in [0.29, 0.717) is 12.8 Å². The third-order valence-electron chi connectivity index (χ3n) is 2.75. The summed E-state index contributed by atoms with van der Waals surface area (Å²) in [4.78, 5) is 10.5. The number of carbonyl (C=O) groups excluding carboxylic acids is 1. The zero-order valence-electron chi connectivity index (χ0n) is 11.0. The third kappa shape index (κ3) is 4.41. The van der Waals surface area contributed by atoms with Crippen molar-refractivity contribution in [2.75, 3.05) is 0 Å². The number of unbranched alkanes of at least 4 members (excludes halogenated alkanes) is 3. The SMILES string of the molecule is CCCCCCC(C=O)=C(F)C(F)(F)C(F)(F)C(F)(F)F. The van der Waals surface area contributed by atoms with Crippen LogP contribution in [0, 0.1) is 0 Å². The van der Waals surface area contributed by atoms with Crippen LogP contribution in [-0.4, -0.2) is 24.3 Å². The number of allylic oxidation sites excluding steroid dienone is 2. The summed E-state index contributed by atoms with van der Waals surface area (Å²) in [5, 5.41) is 0. The van der Waals surface area contributed by atoms with E-state index in [0.717, 1.165) is 6.42 Å². The van der Waals surface area contributed by atoms with E-state index >= 15 is 0 Å². The second-order valence-electron chi connectivity index (χ2n) is 4.41. The molecule has 0 aliphatic carbocycles. The van der Waals surface area contributed by atoms with Gasteiger partial charge in [0.25, 0.3) is 0 Å².